The third-order valence-electron chi connectivity index (χ3n) is 7.12. The largest absolute Gasteiger partial charge is 0.489 e. The summed E-state index contributed by atoms with van der Waals surface area (Å²) in [6.07, 6.45) is -1.72. The molecule has 2 amide bonds. The zero-order valence-electron chi connectivity index (χ0n) is 22.8. The number of aldehydes is 1. The third-order valence-corrected chi connectivity index (χ3v) is 7.12. The highest BCUT2D eigenvalue weighted by Crippen LogP contribution is 2.34. The van der Waals surface area contributed by atoms with E-state index >= 15 is 0 Å². The number of amides is 2. The first-order chi connectivity index (χ1) is 20.2. The van der Waals surface area contributed by atoms with Gasteiger partial charge in [0.15, 0.2) is 0 Å². The number of rotatable bonds is 8. The van der Waals surface area contributed by atoms with Crippen LogP contribution in [0.15, 0.2) is 66.7 Å². The number of hydrogen-bond donors (Lipinski definition) is 2. The molecule has 1 unspecified atom stereocenters. The van der Waals surface area contributed by atoms with Crippen LogP contribution in [0.2, 0.25) is 0 Å². The zero-order valence-corrected chi connectivity index (χ0v) is 22.8. The molecule has 1 aliphatic rings. The summed E-state index contributed by atoms with van der Waals surface area (Å²) in [7, 11) is 0. The lowest BCUT2D eigenvalue weighted by atomic mass is 10.1. The summed E-state index contributed by atoms with van der Waals surface area (Å²) in [5, 5.41) is 27.7. The molecular formula is C30H27FN6O5. The molecule has 11 nitrogen and oxygen atoms in total. The molecular weight excluding hydrogens is 543 g/mol. The predicted octanol–water partition coefficient (Wildman–Crippen LogP) is 3.83. The Balaban J connectivity index is 1.56. The molecule has 1 aromatic heterocycles. The molecule has 0 saturated carbocycles. The van der Waals surface area contributed by atoms with Crippen molar-refractivity contribution >= 4 is 34.9 Å². The average molecular weight is 571 g/mol. The van der Waals surface area contributed by atoms with Gasteiger partial charge < -0.3 is 19.5 Å². The van der Waals surface area contributed by atoms with Gasteiger partial charge in [0.05, 0.1) is 46.9 Å². The summed E-state index contributed by atoms with van der Waals surface area (Å²) in [5.74, 6) is -0.470. The number of anilines is 1. The van der Waals surface area contributed by atoms with Crippen LogP contribution in [-0.2, 0) is 16.1 Å². The van der Waals surface area contributed by atoms with Crippen LogP contribution in [0.1, 0.15) is 25.1 Å². The number of ether oxygens (including phenoxy) is 1. The number of carboxylic acid groups (broad SMARTS) is 1. The molecule has 214 valence electrons. The SMILES string of the molecule is CC(C=O)N(C(=O)O)[C@@H](C)N[C@H]1COc2ccccc2N(Cc2nn(-c3ccccc3C#N)c3cc(F)ccc23)C1=O. The first-order valence-electron chi connectivity index (χ1n) is 13.2. The number of halogens is 1. The Morgan fingerprint density at radius 2 is 1.93 bits per heavy atom. The van der Waals surface area contributed by atoms with Crippen molar-refractivity contribution in [3.05, 3.63) is 83.8 Å². The number of fused-ring (bicyclic) bond motifs is 2. The summed E-state index contributed by atoms with van der Waals surface area (Å²) < 4.78 is 21.9. The number of carbonyl (C=O) groups is 3. The van der Waals surface area contributed by atoms with Crippen molar-refractivity contribution in [2.45, 2.75) is 38.6 Å². The maximum Gasteiger partial charge on any atom is 0.409 e. The van der Waals surface area contributed by atoms with Crippen molar-refractivity contribution in [1.82, 2.24) is 20.0 Å². The van der Waals surface area contributed by atoms with Crippen molar-refractivity contribution in [1.29, 1.82) is 5.26 Å². The lowest BCUT2D eigenvalue weighted by molar-refractivity contribution is -0.121. The van der Waals surface area contributed by atoms with Gasteiger partial charge in [-0.15, -0.1) is 0 Å². The fourth-order valence-electron chi connectivity index (χ4n) is 5.12. The Bertz CT molecular complexity index is 1720. The third kappa shape index (κ3) is 5.25. The molecule has 2 heterocycles. The molecule has 0 bridgehead atoms. The molecule has 5 rings (SSSR count). The molecule has 3 aromatic carbocycles. The Kier molecular flexibility index (Phi) is 7.86. The van der Waals surface area contributed by atoms with Crippen molar-refractivity contribution in [3.63, 3.8) is 0 Å². The van der Waals surface area contributed by atoms with Crippen molar-refractivity contribution < 1.29 is 28.6 Å². The highest BCUT2D eigenvalue weighted by molar-refractivity contribution is 6.00. The highest BCUT2D eigenvalue weighted by atomic mass is 19.1. The molecule has 0 spiro atoms. The molecule has 12 heteroatoms. The quantitative estimate of drug-likeness (QED) is 0.241. The Hall–Kier alpha value is -5.28. The van der Waals surface area contributed by atoms with E-state index in [4.69, 9.17) is 9.84 Å². The Morgan fingerprint density at radius 1 is 1.21 bits per heavy atom. The summed E-state index contributed by atoms with van der Waals surface area (Å²) >= 11 is 0. The molecule has 3 atom stereocenters. The standard InChI is InChI=1S/C30H27FN6O5/c1-18(16-38)36(30(40)41)19(2)33-24-17-42-28-10-6-5-9-26(28)35(29(24)39)15-23-22-12-11-21(31)13-27(22)37(34-23)25-8-4-3-7-20(25)14-32/h3-13,16,18-19,24,33H,15,17H2,1-2H3,(H,40,41)/t18?,19-,24-/m0/s1. The van der Waals surface area contributed by atoms with Gasteiger partial charge in [-0.1, -0.05) is 24.3 Å². The monoisotopic (exact) mass is 570 g/mol. The minimum Gasteiger partial charge on any atom is -0.489 e. The molecule has 0 fully saturated rings. The predicted molar refractivity (Wildman–Crippen MR) is 151 cm³/mol. The van der Waals surface area contributed by atoms with Gasteiger partial charge >= 0.3 is 6.09 Å². The van der Waals surface area contributed by atoms with Crippen LogP contribution in [-0.4, -0.2) is 62.9 Å². The fraction of sp³-hybridized carbons (Fsp3) is 0.233. The number of nitrogens with one attached hydrogen (secondary N) is 1. The van der Waals surface area contributed by atoms with E-state index in [0.29, 0.717) is 45.6 Å². The molecule has 42 heavy (non-hydrogen) atoms. The lowest BCUT2D eigenvalue weighted by Gasteiger charge is -2.33. The molecule has 0 saturated heterocycles. The Labute approximate surface area is 240 Å². The highest BCUT2D eigenvalue weighted by Gasteiger charge is 2.35. The van der Waals surface area contributed by atoms with E-state index in [-0.39, 0.29) is 13.2 Å². The summed E-state index contributed by atoms with van der Waals surface area (Å²) in [6, 6.07) is 18.2. The van der Waals surface area contributed by atoms with Gasteiger partial charge in [0.2, 0.25) is 5.91 Å². The first-order valence-corrected chi connectivity index (χ1v) is 13.2. The molecule has 1 aliphatic heterocycles. The van der Waals surface area contributed by atoms with Crippen molar-refractivity contribution in [2.75, 3.05) is 11.5 Å². The van der Waals surface area contributed by atoms with E-state index in [0.717, 1.165) is 4.90 Å². The summed E-state index contributed by atoms with van der Waals surface area (Å²) in [4.78, 5) is 39.7. The minimum atomic E-state index is -1.32. The number of nitrogens with zero attached hydrogens (tertiary/aromatic N) is 5. The van der Waals surface area contributed by atoms with E-state index in [2.05, 4.69) is 11.4 Å². The van der Waals surface area contributed by atoms with E-state index in [1.54, 1.807) is 61.5 Å². The molecule has 0 aliphatic carbocycles. The second-order valence-electron chi connectivity index (χ2n) is 9.81. The van der Waals surface area contributed by atoms with Crippen molar-refractivity contribution in [2.24, 2.45) is 0 Å². The van der Waals surface area contributed by atoms with Gasteiger partial charge in [-0.3, -0.25) is 15.0 Å². The summed E-state index contributed by atoms with van der Waals surface area (Å²) in [6.45, 7) is 2.85. The van der Waals surface area contributed by atoms with Gasteiger partial charge in [0, 0.05) is 11.5 Å². The molecule has 4 aromatic rings. The van der Waals surface area contributed by atoms with Crippen LogP contribution in [0.4, 0.5) is 14.9 Å². The number of benzene rings is 3. The van der Waals surface area contributed by atoms with Crippen LogP contribution in [0.25, 0.3) is 16.6 Å². The minimum absolute atomic E-state index is 0.0387. The number of nitriles is 1. The maximum atomic E-state index is 14.4. The van der Waals surface area contributed by atoms with Gasteiger partial charge in [0.1, 0.15) is 36.6 Å². The van der Waals surface area contributed by atoms with Crippen LogP contribution in [0, 0.1) is 17.1 Å². The van der Waals surface area contributed by atoms with E-state index in [9.17, 15) is 29.1 Å². The fourth-order valence-corrected chi connectivity index (χ4v) is 5.12. The lowest BCUT2D eigenvalue weighted by Crippen LogP contribution is -2.58. The Morgan fingerprint density at radius 3 is 2.64 bits per heavy atom. The normalized spacial score (nSPS) is 16.1. The molecule has 2 N–H and O–H groups in total. The number of para-hydroxylation sites is 3. The van der Waals surface area contributed by atoms with Gasteiger partial charge in [-0.05, 0) is 50.2 Å². The van der Waals surface area contributed by atoms with E-state index < -0.39 is 36.1 Å². The van der Waals surface area contributed by atoms with Gasteiger partial charge in [0.25, 0.3) is 0 Å². The second-order valence-corrected chi connectivity index (χ2v) is 9.81. The topological polar surface area (TPSA) is 141 Å². The summed E-state index contributed by atoms with van der Waals surface area (Å²) in [5.41, 5.74) is 2.13. The van der Waals surface area contributed by atoms with E-state index in [1.807, 2.05) is 0 Å². The zero-order chi connectivity index (χ0) is 30.0. The van der Waals surface area contributed by atoms with Crippen LogP contribution in [0.3, 0.4) is 0 Å². The maximum absolute atomic E-state index is 14.4. The van der Waals surface area contributed by atoms with E-state index in [1.165, 1.54) is 28.6 Å². The number of aromatic nitrogens is 2. The van der Waals surface area contributed by atoms with Crippen LogP contribution >= 0.6 is 0 Å². The van der Waals surface area contributed by atoms with Gasteiger partial charge in [-0.2, -0.15) is 10.4 Å². The number of carbonyl (C=O) groups excluding carboxylic acids is 2. The molecule has 0 radical (unpaired) electrons. The van der Waals surface area contributed by atoms with Gasteiger partial charge in [-0.25, -0.2) is 13.9 Å². The first kappa shape index (κ1) is 28.3. The van der Waals surface area contributed by atoms with Crippen molar-refractivity contribution in [3.8, 4) is 17.5 Å². The average Bonchev–Trinajstić information content (AvgIpc) is 3.28. The van der Waals surface area contributed by atoms with Crippen LogP contribution < -0.4 is 15.0 Å². The second kappa shape index (κ2) is 11.7. The van der Waals surface area contributed by atoms with Crippen LogP contribution in [0.5, 0.6) is 5.75 Å². The number of hydrogen-bond acceptors (Lipinski definition) is 7. The smallest absolute Gasteiger partial charge is 0.409 e.